The third kappa shape index (κ3) is 4.14. The van der Waals surface area contributed by atoms with Crippen LogP contribution in [0.5, 0.6) is 5.88 Å². The normalized spacial score (nSPS) is 10.7. The quantitative estimate of drug-likeness (QED) is 0.493. The SMILES string of the molecule is CCOc1nc(C(=O)N(C)Cc2cccc3cn[nH]c23)ccc1-c1cc(F)cc(C#N)c1. The summed E-state index contributed by atoms with van der Waals surface area (Å²) in [6, 6.07) is 15.0. The zero-order chi connectivity index (χ0) is 22.7. The largest absolute Gasteiger partial charge is 0.478 e. The van der Waals surface area contributed by atoms with Crippen LogP contribution in [0, 0.1) is 17.1 Å². The molecule has 0 aliphatic rings. The molecule has 32 heavy (non-hydrogen) atoms. The van der Waals surface area contributed by atoms with Crippen LogP contribution in [0.15, 0.2) is 54.7 Å². The first kappa shape index (κ1) is 21.0. The maximum atomic E-state index is 13.9. The van der Waals surface area contributed by atoms with E-state index in [0.29, 0.717) is 24.3 Å². The molecule has 0 fully saturated rings. The van der Waals surface area contributed by atoms with Gasteiger partial charge < -0.3 is 9.64 Å². The van der Waals surface area contributed by atoms with Crippen molar-refractivity contribution in [2.24, 2.45) is 0 Å². The number of hydrogen-bond donors (Lipinski definition) is 1. The van der Waals surface area contributed by atoms with Crippen molar-refractivity contribution in [1.82, 2.24) is 20.1 Å². The maximum absolute atomic E-state index is 13.9. The predicted octanol–water partition coefficient (Wildman–Crippen LogP) is 4.31. The van der Waals surface area contributed by atoms with E-state index < -0.39 is 5.82 Å². The van der Waals surface area contributed by atoms with Crippen LogP contribution in [-0.4, -0.2) is 39.6 Å². The summed E-state index contributed by atoms with van der Waals surface area (Å²) >= 11 is 0. The summed E-state index contributed by atoms with van der Waals surface area (Å²) < 4.78 is 19.6. The Morgan fingerprint density at radius 1 is 1.25 bits per heavy atom. The Morgan fingerprint density at radius 2 is 2.09 bits per heavy atom. The minimum Gasteiger partial charge on any atom is -0.478 e. The standard InChI is InChI=1S/C24H20FN5O2/c1-3-32-23-20(18-9-15(12-26)10-19(25)11-18)7-8-21(28-23)24(31)30(2)14-17-6-4-5-16-13-27-29-22(16)17/h4-11,13H,3,14H2,1-2H3,(H,27,29). The molecule has 0 aliphatic carbocycles. The van der Waals surface area contributed by atoms with E-state index >= 15 is 0 Å². The van der Waals surface area contributed by atoms with E-state index in [4.69, 9.17) is 10.00 Å². The lowest BCUT2D eigenvalue weighted by atomic mass is 10.0. The zero-order valence-corrected chi connectivity index (χ0v) is 17.6. The van der Waals surface area contributed by atoms with Crippen molar-refractivity contribution in [2.75, 3.05) is 13.7 Å². The number of para-hydroxylation sites is 1. The molecule has 0 spiro atoms. The average molecular weight is 429 g/mol. The Balaban J connectivity index is 1.64. The number of hydrogen-bond acceptors (Lipinski definition) is 5. The van der Waals surface area contributed by atoms with Crippen LogP contribution in [0.3, 0.4) is 0 Å². The number of carbonyl (C=O) groups is 1. The summed E-state index contributed by atoms with van der Waals surface area (Å²) in [4.78, 5) is 19.0. The molecule has 2 heterocycles. The predicted molar refractivity (Wildman–Crippen MR) is 117 cm³/mol. The second-order valence-corrected chi connectivity index (χ2v) is 7.24. The molecule has 2 aromatic heterocycles. The summed E-state index contributed by atoms with van der Waals surface area (Å²) in [5.41, 5.74) is 3.16. The van der Waals surface area contributed by atoms with E-state index in [9.17, 15) is 9.18 Å². The molecule has 0 aliphatic heterocycles. The van der Waals surface area contributed by atoms with E-state index in [1.54, 1.807) is 43.3 Å². The molecular weight excluding hydrogens is 409 g/mol. The summed E-state index contributed by atoms with van der Waals surface area (Å²) in [5.74, 6) is -0.614. The fourth-order valence-electron chi connectivity index (χ4n) is 3.52. The van der Waals surface area contributed by atoms with Crippen LogP contribution in [0.4, 0.5) is 4.39 Å². The monoisotopic (exact) mass is 429 g/mol. The van der Waals surface area contributed by atoms with Gasteiger partial charge in [-0.15, -0.1) is 0 Å². The molecular formula is C24H20FN5O2. The Bertz CT molecular complexity index is 1340. The molecule has 0 saturated carbocycles. The lowest BCUT2D eigenvalue weighted by Crippen LogP contribution is -2.27. The van der Waals surface area contributed by atoms with Gasteiger partial charge in [-0.2, -0.15) is 10.4 Å². The highest BCUT2D eigenvalue weighted by Gasteiger charge is 2.19. The number of nitriles is 1. The fourth-order valence-corrected chi connectivity index (χ4v) is 3.52. The molecule has 0 atom stereocenters. The Kier molecular flexibility index (Phi) is 5.81. The lowest BCUT2D eigenvalue weighted by Gasteiger charge is -2.18. The third-order valence-corrected chi connectivity index (χ3v) is 5.02. The van der Waals surface area contributed by atoms with Gasteiger partial charge in [0.15, 0.2) is 0 Å². The fraction of sp³-hybridized carbons (Fsp3) is 0.167. The van der Waals surface area contributed by atoms with Crippen LogP contribution < -0.4 is 4.74 Å². The van der Waals surface area contributed by atoms with Gasteiger partial charge in [0.1, 0.15) is 11.5 Å². The van der Waals surface area contributed by atoms with E-state index in [2.05, 4.69) is 15.2 Å². The number of halogens is 1. The van der Waals surface area contributed by atoms with Crippen LogP contribution >= 0.6 is 0 Å². The van der Waals surface area contributed by atoms with Crippen LogP contribution in [0.1, 0.15) is 28.5 Å². The van der Waals surface area contributed by atoms with Crippen LogP contribution in [0.25, 0.3) is 22.0 Å². The first-order valence-electron chi connectivity index (χ1n) is 10.0. The number of carbonyl (C=O) groups excluding carboxylic acids is 1. The topological polar surface area (TPSA) is 94.9 Å². The van der Waals surface area contributed by atoms with E-state index in [1.165, 1.54) is 6.07 Å². The number of aromatic nitrogens is 3. The molecule has 4 rings (SSSR count). The summed E-state index contributed by atoms with van der Waals surface area (Å²) in [5, 5.41) is 17.1. The van der Waals surface area contributed by atoms with Gasteiger partial charge in [0.2, 0.25) is 5.88 Å². The summed E-state index contributed by atoms with van der Waals surface area (Å²) in [7, 11) is 1.69. The number of fused-ring (bicyclic) bond motifs is 1. The van der Waals surface area contributed by atoms with Gasteiger partial charge in [-0.3, -0.25) is 9.89 Å². The number of amides is 1. The van der Waals surface area contributed by atoms with Gasteiger partial charge in [0, 0.05) is 24.5 Å². The summed E-state index contributed by atoms with van der Waals surface area (Å²) in [6.07, 6.45) is 1.74. The van der Waals surface area contributed by atoms with Gasteiger partial charge in [-0.25, -0.2) is 9.37 Å². The minimum atomic E-state index is -0.533. The van der Waals surface area contributed by atoms with Crippen molar-refractivity contribution >= 4 is 16.8 Å². The maximum Gasteiger partial charge on any atom is 0.272 e. The summed E-state index contributed by atoms with van der Waals surface area (Å²) in [6.45, 7) is 2.47. The number of aromatic amines is 1. The Morgan fingerprint density at radius 3 is 2.88 bits per heavy atom. The average Bonchev–Trinajstić information content (AvgIpc) is 3.28. The second kappa shape index (κ2) is 8.86. The molecule has 7 nitrogen and oxygen atoms in total. The molecule has 0 unspecified atom stereocenters. The lowest BCUT2D eigenvalue weighted by molar-refractivity contribution is 0.0778. The van der Waals surface area contributed by atoms with Gasteiger partial charge in [0.05, 0.1) is 30.0 Å². The van der Waals surface area contributed by atoms with Crippen LogP contribution in [-0.2, 0) is 6.54 Å². The highest BCUT2D eigenvalue weighted by atomic mass is 19.1. The molecule has 2 aromatic carbocycles. The van der Waals surface area contributed by atoms with Gasteiger partial charge in [-0.05, 0) is 48.4 Å². The van der Waals surface area contributed by atoms with Crippen molar-refractivity contribution in [3.8, 4) is 23.1 Å². The highest BCUT2D eigenvalue weighted by molar-refractivity contribution is 5.93. The number of nitrogens with zero attached hydrogens (tertiary/aromatic N) is 4. The molecule has 8 heteroatoms. The number of H-pyrrole nitrogens is 1. The molecule has 0 bridgehead atoms. The van der Waals surface area contributed by atoms with Crippen LogP contribution in [0.2, 0.25) is 0 Å². The Hall–Kier alpha value is -4.25. The Labute approximate surface area is 184 Å². The van der Waals surface area contributed by atoms with E-state index in [0.717, 1.165) is 22.5 Å². The number of rotatable bonds is 6. The molecule has 4 aromatic rings. The second-order valence-electron chi connectivity index (χ2n) is 7.24. The van der Waals surface area contributed by atoms with Crippen molar-refractivity contribution < 1.29 is 13.9 Å². The number of benzene rings is 2. The number of pyridine rings is 1. The first-order valence-corrected chi connectivity index (χ1v) is 10.0. The van der Waals surface area contributed by atoms with E-state index in [-0.39, 0.29) is 23.0 Å². The van der Waals surface area contributed by atoms with Gasteiger partial charge in [-0.1, -0.05) is 18.2 Å². The number of ether oxygens (including phenoxy) is 1. The van der Waals surface area contributed by atoms with Gasteiger partial charge in [0.25, 0.3) is 5.91 Å². The van der Waals surface area contributed by atoms with Crippen molar-refractivity contribution in [2.45, 2.75) is 13.5 Å². The van der Waals surface area contributed by atoms with Crippen molar-refractivity contribution in [3.05, 3.63) is 77.4 Å². The smallest absolute Gasteiger partial charge is 0.272 e. The first-order chi connectivity index (χ1) is 15.5. The highest BCUT2D eigenvalue weighted by Crippen LogP contribution is 2.30. The van der Waals surface area contributed by atoms with Gasteiger partial charge >= 0.3 is 0 Å². The van der Waals surface area contributed by atoms with E-state index in [1.807, 2.05) is 24.3 Å². The molecule has 0 radical (unpaired) electrons. The van der Waals surface area contributed by atoms with Crippen molar-refractivity contribution in [1.29, 1.82) is 5.26 Å². The minimum absolute atomic E-state index is 0.190. The molecule has 1 amide bonds. The van der Waals surface area contributed by atoms with Crippen molar-refractivity contribution in [3.63, 3.8) is 0 Å². The zero-order valence-electron chi connectivity index (χ0n) is 17.6. The molecule has 0 saturated heterocycles. The third-order valence-electron chi connectivity index (χ3n) is 5.02. The molecule has 1 N–H and O–H groups in total. The number of nitrogens with one attached hydrogen (secondary N) is 1. The molecule has 160 valence electrons.